The molecule has 1 heterocycles. The van der Waals surface area contributed by atoms with Crippen molar-refractivity contribution in [2.24, 2.45) is 5.92 Å². The molecule has 0 amide bonds. The summed E-state index contributed by atoms with van der Waals surface area (Å²) in [5.41, 5.74) is 2.16. The minimum atomic E-state index is -0.183. The molecule has 2 aromatic rings. The molecular weight excluding hydrogens is 271 g/mol. The van der Waals surface area contributed by atoms with Crippen molar-refractivity contribution in [3.63, 3.8) is 0 Å². The van der Waals surface area contributed by atoms with Crippen LogP contribution in [0.25, 0.3) is 0 Å². The third kappa shape index (κ3) is 4.12. The van der Waals surface area contributed by atoms with Crippen LogP contribution in [0.4, 0.5) is 4.39 Å². The van der Waals surface area contributed by atoms with Gasteiger partial charge in [-0.1, -0.05) is 26.0 Å². The van der Waals surface area contributed by atoms with Crippen molar-refractivity contribution in [3.05, 3.63) is 51.2 Å². The van der Waals surface area contributed by atoms with Crippen LogP contribution < -0.4 is 5.32 Å². The molecule has 2 rings (SSSR count). The first kappa shape index (κ1) is 15.1. The molecule has 20 heavy (non-hydrogen) atoms. The van der Waals surface area contributed by atoms with Gasteiger partial charge in [0.2, 0.25) is 0 Å². The lowest BCUT2D eigenvalue weighted by Gasteiger charge is -2.03. The summed E-state index contributed by atoms with van der Waals surface area (Å²) >= 11 is 1.73. The number of hydrogen-bond donors (Lipinski definition) is 1. The highest BCUT2D eigenvalue weighted by atomic mass is 32.1. The molecule has 0 bridgehead atoms. The van der Waals surface area contributed by atoms with Crippen molar-refractivity contribution in [3.8, 4) is 0 Å². The molecule has 0 aliphatic heterocycles. The fourth-order valence-electron chi connectivity index (χ4n) is 2.18. The molecular formula is C16H21FN2S. The minimum absolute atomic E-state index is 0.183. The zero-order valence-electron chi connectivity index (χ0n) is 12.2. The Kier molecular flexibility index (Phi) is 5.26. The summed E-state index contributed by atoms with van der Waals surface area (Å²) in [6, 6.07) is 6.76. The van der Waals surface area contributed by atoms with E-state index < -0.39 is 0 Å². The van der Waals surface area contributed by atoms with Gasteiger partial charge in [-0.05, 0) is 37.1 Å². The smallest absolute Gasteiger partial charge is 0.123 e. The van der Waals surface area contributed by atoms with E-state index in [1.165, 1.54) is 16.6 Å². The molecule has 0 saturated heterocycles. The Morgan fingerprint density at radius 2 is 2.15 bits per heavy atom. The number of nitrogens with zero attached hydrogens (tertiary/aromatic N) is 1. The van der Waals surface area contributed by atoms with Crippen molar-refractivity contribution in [2.45, 2.75) is 33.2 Å². The van der Waals surface area contributed by atoms with Crippen LogP contribution in [-0.2, 0) is 19.4 Å². The van der Waals surface area contributed by atoms with Gasteiger partial charge < -0.3 is 5.32 Å². The van der Waals surface area contributed by atoms with Gasteiger partial charge in [-0.15, -0.1) is 11.3 Å². The van der Waals surface area contributed by atoms with Crippen molar-refractivity contribution in [2.75, 3.05) is 7.05 Å². The SMILES string of the molecule is CNCc1sc(Cc2cccc(F)c2)nc1CC(C)C. The summed E-state index contributed by atoms with van der Waals surface area (Å²) in [6.45, 7) is 5.26. The number of aromatic nitrogens is 1. The van der Waals surface area contributed by atoms with Crippen LogP contribution in [0.5, 0.6) is 0 Å². The monoisotopic (exact) mass is 292 g/mol. The highest BCUT2D eigenvalue weighted by Gasteiger charge is 2.12. The first-order valence-electron chi connectivity index (χ1n) is 6.95. The third-order valence-corrected chi connectivity index (χ3v) is 4.10. The van der Waals surface area contributed by atoms with Gasteiger partial charge in [-0.3, -0.25) is 0 Å². The van der Waals surface area contributed by atoms with Gasteiger partial charge in [0, 0.05) is 17.8 Å². The Bertz CT molecular complexity index is 563. The fraction of sp³-hybridized carbons (Fsp3) is 0.438. The van der Waals surface area contributed by atoms with E-state index >= 15 is 0 Å². The first-order chi connectivity index (χ1) is 9.58. The quantitative estimate of drug-likeness (QED) is 0.876. The van der Waals surface area contributed by atoms with E-state index in [-0.39, 0.29) is 5.82 Å². The lowest BCUT2D eigenvalue weighted by molar-refractivity contribution is 0.625. The molecule has 0 aliphatic rings. The van der Waals surface area contributed by atoms with E-state index in [1.54, 1.807) is 23.5 Å². The largest absolute Gasteiger partial charge is 0.315 e. The maximum Gasteiger partial charge on any atom is 0.123 e. The number of thiazole rings is 1. The molecule has 1 aromatic carbocycles. The van der Waals surface area contributed by atoms with Gasteiger partial charge in [0.05, 0.1) is 10.7 Å². The summed E-state index contributed by atoms with van der Waals surface area (Å²) in [5, 5.41) is 4.26. The van der Waals surface area contributed by atoms with E-state index in [0.717, 1.165) is 23.5 Å². The molecule has 1 aromatic heterocycles. The van der Waals surface area contributed by atoms with Gasteiger partial charge in [-0.25, -0.2) is 9.37 Å². The second-order valence-electron chi connectivity index (χ2n) is 5.41. The van der Waals surface area contributed by atoms with Crippen LogP contribution >= 0.6 is 11.3 Å². The lowest BCUT2D eigenvalue weighted by Crippen LogP contribution is -2.07. The van der Waals surface area contributed by atoms with Crippen molar-refractivity contribution in [1.82, 2.24) is 10.3 Å². The summed E-state index contributed by atoms with van der Waals surface area (Å²) < 4.78 is 13.2. The Balaban J connectivity index is 2.19. The van der Waals surface area contributed by atoms with E-state index in [1.807, 2.05) is 13.1 Å². The molecule has 0 spiro atoms. The van der Waals surface area contributed by atoms with Crippen LogP contribution in [0.3, 0.4) is 0 Å². The number of nitrogens with one attached hydrogen (secondary N) is 1. The zero-order valence-corrected chi connectivity index (χ0v) is 13.1. The summed E-state index contributed by atoms with van der Waals surface area (Å²) in [4.78, 5) is 6.05. The normalized spacial score (nSPS) is 11.2. The molecule has 0 unspecified atom stereocenters. The van der Waals surface area contributed by atoms with Crippen molar-refractivity contribution < 1.29 is 4.39 Å². The van der Waals surface area contributed by atoms with Crippen LogP contribution in [0, 0.1) is 11.7 Å². The molecule has 2 nitrogen and oxygen atoms in total. The molecule has 0 aliphatic carbocycles. The molecule has 0 atom stereocenters. The average Bonchev–Trinajstić information content (AvgIpc) is 2.71. The Morgan fingerprint density at radius 3 is 2.80 bits per heavy atom. The number of halogens is 1. The van der Waals surface area contributed by atoms with E-state index in [4.69, 9.17) is 4.98 Å². The molecule has 0 saturated carbocycles. The first-order valence-corrected chi connectivity index (χ1v) is 7.76. The number of rotatable bonds is 6. The molecule has 4 heteroatoms. The highest BCUT2D eigenvalue weighted by Crippen LogP contribution is 2.23. The van der Waals surface area contributed by atoms with Gasteiger partial charge in [0.25, 0.3) is 0 Å². The zero-order chi connectivity index (χ0) is 14.5. The second-order valence-corrected chi connectivity index (χ2v) is 6.58. The number of hydrogen-bond acceptors (Lipinski definition) is 3. The second kappa shape index (κ2) is 6.95. The predicted molar refractivity (Wildman–Crippen MR) is 82.6 cm³/mol. The average molecular weight is 292 g/mol. The predicted octanol–water partition coefficient (Wildman–Crippen LogP) is 3.79. The third-order valence-electron chi connectivity index (χ3n) is 3.01. The topological polar surface area (TPSA) is 24.9 Å². The van der Waals surface area contributed by atoms with E-state index in [9.17, 15) is 4.39 Å². The Morgan fingerprint density at radius 1 is 1.35 bits per heavy atom. The fourth-order valence-corrected chi connectivity index (χ4v) is 3.32. The summed E-state index contributed by atoms with van der Waals surface area (Å²) in [6.07, 6.45) is 1.70. The van der Waals surface area contributed by atoms with Crippen LogP contribution in [-0.4, -0.2) is 12.0 Å². The highest BCUT2D eigenvalue weighted by molar-refractivity contribution is 7.11. The van der Waals surface area contributed by atoms with Gasteiger partial charge >= 0.3 is 0 Å². The molecule has 108 valence electrons. The Hall–Kier alpha value is -1.26. The lowest BCUT2D eigenvalue weighted by atomic mass is 10.1. The van der Waals surface area contributed by atoms with Gasteiger partial charge in [0.15, 0.2) is 0 Å². The minimum Gasteiger partial charge on any atom is -0.315 e. The van der Waals surface area contributed by atoms with Gasteiger partial charge in [-0.2, -0.15) is 0 Å². The summed E-state index contributed by atoms with van der Waals surface area (Å²) in [5.74, 6) is 0.409. The van der Waals surface area contributed by atoms with Crippen LogP contribution in [0.15, 0.2) is 24.3 Å². The van der Waals surface area contributed by atoms with Gasteiger partial charge in [0.1, 0.15) is 5.82 Å². The van der Waals surface area contributed by atoms with E-state index in [2.05, 4.69) is 19.2 Å². The van der Waals surface area contributed by atoms with Crippen LogP contribution in [0.2, 0.25) is 0 Å². The Labute approximate surface area is 124 Å². The maximum absolute atomic E-state index is 13.2. The molecule has 1 N–H and O–H groups in total. The molecule has 0 radical (unpaired) electrons. The van der Waals surface area contributed by atoms with Crippen molar-refractivity contribution >= 4 is 11.3 Å². The van der Waals surface area contributed by atoms with E-state index in [0.29, 0.717) is 12.3 Å². The van der Waals surface area contributed by atoms with Crippen LogP contribution in [0.1, 0.15) is 35.0 Å². The summed E-state index contributed by atoms with van der Waals surface area (Å²) in [7, 11) is 1.95. The number of benzene rings is 1. The standard InChI is InChI=1S/C16H21FN2S/c1-11(2)7-14-15(10-18-3)20-16(19-14)9-12-5-4-6-13(17)8-12/h4-6,8,11,18H,7,9-10H2,1-3H3. The van der Waals surface area contributed by atoms with Crippen molar-refractivity contribution in [1.29, 1.82) is 0 Å². The molecule has 0 fully saturated rings. The maximum atomic E-state index is 13.2.